The summed E-state index contributed by atoms with van der Waals surface area (Å²) in [5.74, 6) is -0.556. The van der Waals surface area contributed by atoms with E-state index < -0.39 is 11.8 Å². The summed E-state index contributed by atoms with van der Waals surface area (Å²) in [6, 6.07) is 13.6. The lowest BCUT2D eigenvalue weighted by Crippen LogP contribution is -2.13. The Labute approximate surface area is 176 Å². The zero-order chi connectivity index (χ0) is 21.8. The Kier molecular flexibility index (Phi) is 6.50. The number of hydrogen-bond donors (Lipinski definition) is 1. The third-order valence-corrected chi connectivity index (χ3v) is 5.10. The van der Waals surface area contributed by atoms with Gasteiger partial charge in [0.25, 0.3) is 0 Å². The minimum absolute atomic E-state index is 0.0195. The predicted octanol–water partition coefficient (Wildman–Crippen LogP) is 5.98. The molecule has 1 heterocycles. The number of aromatic nitrogens is 1. The van der Waals surface area contributed by atoms with E-state index in [1.807, 2.05) is 45.9 Å². The Morgan fingerprint density at radius 1 is 1.07 bits per heavy atom. The van der Waals surface area contributed by atoms with Gasteiger partial charge in [-0.05, 0) is 55.5 Å². The standard InChI is InChI=1S/C25H26FNO3/c1-15(2)12-22-19(18-9-5-6-10-21(18)26)13-20(25(28)29)23(27-22)14-30-24-11-7-8-16(3)17(24)4/h5-11,13,15H,12,14H2,1-4H3,(H,28,29). The molecule has 3 rings (SSSR count). The third kappa shape index (κ3) is 4.67. The van der Waals surface area contributed by atoms with E-state index in [9.17, 15) is 14.3 Å². The molecule has 0 aliphatic carbocycles. The summed E-state index contributed by atoms with van der Waals surface area (Å²) in [5.41, 5.74) is 3.97. The fraction of sp³-hybridized carbons (Fsp3) is 0.280. The minimum atomic E-state index is -1.12. The molecular formula is C25H26FNO3. The first kappa shape index (κ1) is 21.5. The summed E-state index contributed by atoms with van der Waals surface area (Å²) in [5, 5.41) is 9.79. The summed E-state index contributed by atoms with van der Waals surface area (Å²) in [4.78, 5) is 16.6. The van der Waals surface area contributed by atoms with E-state index in [-0.39, 0.29) is 18.1 Å². The van der Waals surface area contributed by atoms with Crippen molar-refractivity contribution in [2.24, 2.45) is 5.92 Å². The van der Waals surface area contributed by atoms with Crippen LogP contribution in [0.5, 0.6) is 5.75 Å². The van der Waals surface area contributed by atoms with Crippen LogP contribution in [0.4, 0.5) is 4.39 Å². The lowest BCUT2D eigenvalue weighted by atomic mass is 9.95. The van der Waals surface area contributed by atoms with Crippen molar-refractivity contribution in [2.45, 2.75) is 40.7 Å². The highest BCUT2D eigenvalue weighted by Crippen LogP contribution is 2.30. The quantitative estimate of drug-likeness (QED) is 0.523. The van der Waals surface area contributed by atoms with E-state index in [4.69, 9.17) is 4.74 Å². The van der Waals surface area contributed by atoms with Crippen LogP contribution in [0.3, 0.4) is 0 Å². The number of hydrogen-bond acceptors (Lipinski definition) is 3. The molecule has 0 saturated carbocycles. The average molecular weight is 407 g/mol. The normalized spacial score (nSPS) is 11.0. The van der Waals surface area contributed by atoms with E-state index >= 15 is 0 Å². The molecule has 1 aromatic heterocycles. The third-order valence-electron chi connectivity index (χ3n) is 5.10. The van der Waals surface area contributed by atoms with Crippen molar-refractivity contribution >= 4 is 5.97 Å². The minimum Gasteiger partial charge on any atom is -0.487 e. The van der Waals surface area contributed by atoms with Gasteiger partial charge in [0.15, 0.2) is 0 Å². The number of ether oxygens (including phenoxy) is 1. The number of aryl methyl sites for hydroxylation is 1. The number of nitrogens with zero attached hydrogens (tertiary/aromatic N) is 1. The fourth-order valence-electron chi connectivity index (χ4n) is 3.37. The molecular weight excluding hydrogens is 381 g/mol. The molecule has 0 unspecified atom stereocenters. The van der Waals surface area contributed by atoms with Crippen LogP contribution in [0, 0.1) is 25.6 Å². The Hall–Kier alpha value is -3.21. The number of carboxylic acids is 1. The van der Waals surface area contributed by atoms with Crippen LogP contribution in [0.1, 0.15) is 46.7 Å². The number of rotatable bonds is 7. The van der Waals surface area contributed by atoms with E-state index in [2.05, 4.69) is 4.98 Å². The van der Waals surface area contributed by atoms with Crippen LogP contribution >= 0.6 is 0 Å². The Morgan fingerprint density at radius 2 is 1.80 bits per heavy atom. The summed E-state index contributed by atoms with van der Waals surface area (Å²) in [6.07, 6.45) is 0.597. The van der Waals surface area contributed by atoms with Gasteiger partial charge in [-0.3, -0.25) is 4.98 Å². The van der Waals surface area contributed by atoms with Gasteiger partial charge in [-0.15, -0.1) is 0 Å². The fourth-order valence-corrected chi connectivity index (χ4v) is 3.37. The van der Waals surface area contributed by atoms with Crippen LogP contribution in [-0.2, 0) is 13.0 Å². The molecule has 2 aromatic carbocycles. The molecule has 0 radical (unpaired) electrons. The maximum absolute atomic E-state index is 14.5. The van der Waals surface area contributed by atoms with Gasteiger partial charge in [-0.25, -0.2) is 9.18 Å². The maximum atomic E-state index is 14.5. The molecule has 0 aliphatic rings. The molecule has 5 heteroatoms. The first-order valence-corrected chi connectivity index (χ1v) is 9.98. The van der Waals surface area contributed by atoms with Crippen LogP contribution in [0.25, 0.3) is 11.1 Å². The zero-order valence-electron chi connectivity index (χ0n) is 17.7. The van der Waals surface area contributed by atoms with Gasteiger partial charge >= 0.3 is 5.97 Å². The highest BCUT2D eigenvalue weighted by Gasteiger charge is 2.20. The van der Waals surface area contributed by atoms with Crippen LogP contribution < -0.4 is 4.74 Å². The number of halogens is 1. The lowest BCUT2D eigenvalue weighted by molar-refractivity contribution is 0.0693. The smallest absolute Gasteiger partial charge is 0.337 e. The van der Waals surface area contributed by atoms with Gasteiger partial charge in [0.05, 0.1) is 11.3 Å². The topological polar surface area (TPSA) is 59.4 Å². The Morgan fingerprint density at radius 3 is 2.47 bits per heavy atom. The van der Waals surface area contributed by atoms with Crippen LogP contribution in [0.2, 0.25) is 0 Å². The first-order chi connectivity index (χ1) is 14.3. The molecule has 0 bridgehead atoms. The number of carbonyl (C=O) groups is 1. The molecule has 0 spiro atoms. The summed E-state index contributed by atoms with van der Waals surface area (Å²) < 4.78 is 20.4. The van der Waals surface area contributed by atoms with Gasteiger partial charge < -0.3 is 9.84 Å². The van der Waals surface area contributed by atoms with Crippen molar-refractivity contribution in [1.82, 2.24) is 4.98 Å². The largest absolute Gasteiger partial charge is 0.487 e. The second-order valence-electron chi connectivity index (χ2n) is 7.85. The molecule has 0 atom stereocenters. The van der Waals surface area contributed by atoms with Gasteiger partial charge in [0, 0.05) is 16.8 Å². The van der Waals surface area contributed by atoms with E-state index in [0.29, 0.717) is 34.7 Å². The summed E-state index contributed by atoms with van der Waals surface area (Å²) >= 11 is 0. The molecule has 4 nitrogen and oxygen atoms in total. The second kappa shape index (κ2) is 9.08. The van der Waals surface area contributed by atoms with Crippen molar-refractivity contribution in [2.75, 3.05) is 0 Å². The van der Waals surface area contributed by atoms with Crippen molar-refractivity contribution in [1.29, 1.82) is 0 Å². The highest BCUT2D eigenvalue weighted by atomic mass is 19.1. The number of aromatic carboxylic acids is 1. The molecule has 3 aromatic rings. The van der Waals surface area contributed by atoms with Crippen molar-refractivity contribution < 1.29 is 19.0 Å². The number of benzene rings is 2. The number of pyridine rings is 1. The molecule has 156 valence electrons. The Balaban J connectivity index is 2.07. The van der Waals surface area contributed by atoms with E-state index in [1.54, 1.807) is 18.2 Å². The predicted molar refractivity (Wildman–Crippen MR) is 115 cm³/mol. The molecule has 0 saturated heterocycles. The lowest BCUT2D eigenvalue weighted by Gasteiger charge is -2.17. The number of carboxylic acid groups (broad SMARTS) is 1. The van der Waals surface area contributed by atoms with E-state index in [0.717, 1.165) is 11.1 Å². The van der Waals surface area contributed by atoms with E-state index in [1.165, 1.54) is 12.1 Å². The zero-order valence-corrected chi connectivity index (χ0v) is 17.7. The first-order valence-electron chi connectivity index (χ1n) is 9.98. The second-order valence-corrected chi connectivity index (χ2v) is 7.85. The van der Waals surface area contributed by atoms with Gasteiger partial charge in [0.2, 0.25) is 0 Å². The molecule has 0 amide bonds. The van der Waals surface area contributed by atoms with Crippen molar-refractivity contribution in [3.8, 4) is 16.9 Å². The molecule has 1 N–H and O–H groups in total. The van der Waals surface area contributed by atoms with Gasteiger partial charge in [-0.2, -0.15) is 0 Å². The molecule has 0 fully saturated rings. The highest BCUT2D eigenvalue weighted by molar-refractivity contribution is 5.91. The maximum Gasteiger partial charge on any atom is 0.337 e. The summed E-state index contributed by atoms with van der Waals surface area (Å²) in [7, 11) is 0. The van der Waals surface area contributed by atoms with Crippen molar-refractivity contribution in [3.05, 3.63) is 82.4 Å². The summed E-state index contributed by atoms with van der Waals surface area (Å²) in [6.45, 7) is 8.07. The van der Waals surface area contributed by atoms with Crippen molar-refractivity contribution in [3.63, 3.8) is 0 Å². The molecule has 0 aliphatic heterocycles. The van der Waals surface area contributed by atoms with Gasteiger partial charge in [-0.1, -0.05) is 44.2 Å². The molecule has 30 heavy (non-hydrogen) atoms. The SMILES string of the molecule is Cc1cccc(OCc2nc(CC(C)C)c(-c3ccccc3F)cc2C(=O)O)c1C. The Bertz CT molecular complexity index is 1080. The average Bonchev–Trinajstić information content (AvgIpc) is 2.69. The monoisotopic (exact) mass is 407 g/mol. The van der Waals surface area contributed by atoms with Gasteiger partial charge in [0.1, 0.15) is 18.2 Å². The van der Waals surface area contributed by atoms with Crippen LogP contribution in [-0.4, -0.2) is 16.1 Å². The van der Waals surface area contributed by atoms with Crippen LogP contribution in [0.15, 0.2) is 48.5 Å².